The Morgan fingerprint density at radius 2 is 2.10 bits per heavy atom. The van der Waals surface area contributed by atoms with Gasteiger partial charge in [0.25, 0.3) is 0 Å². The molecule has 1 aromatic heterocycles. The quantitative estimate of drug-likeness (QED) is 0.484. The molecule has 0 radical (unpaired) electrons. The molecule has 1 aromatic rings. The molecule has 1 atom stereocenters. The van der Waals surface area contributed by atoms with Crippen LogP contribution in [0.25, 0.3) is 0 Å². The van der Waals surface area contributed by atoms with Gasteiger partial charge in [0, 0.05) is 0 Å². The Kier molecular flexibility index (Phi) is 8.34. The maximum Gasteiger partial charge on any atom is 0.340 e. The molecule has 0 saturated heterocycles. The maximum absolute atomic E-state index is 11.5. The zero-order valence-corrected chi connectivity index (χ0v) is 13.2. The molecule has 0 amide bonds. The molecule has 0 aliphatic heterocycles. The van der Waals surface area contributed by atoms with E-state index in [4.69, 9.17) is 14.6 Å². The first kappa shape index (κ1) is 17.9. The van der Waals surface area contributed by atoms with Gasteiger partial charge < -0.3 is 19.7 Å². The number of unbranched alkanes of at least 4 members (excludes halogenated alkanes) is 3. The molecule has 0 saturated carbocycles. The molecule has 5 nitrogen and oxygen atoms in total. The number of thiophene rings is 1. The van der Waals surface area contributed by atoms with Gasteiger partial charge in [-0.1, -0.05) is 12.8 Å². The Bertz CT molecular complexity index is 393. The first-order valence-corrected chi connectivity index (χ1v) is 8.17. The lowest BCUT2D eigenvalue weighted by Gasteiger charge is -2.23. The van der Waals surface area contributed by atoms with Gasteiger partial charge in [0.05, 0.1) is 19.8 Å². The van der Waals surface area contributed by atoms with Crippen molar-refractivity contribution in [1.82, 2.24) is 0 Å². The Morgan fingerprint density at radius 3 is 2.71 bits per heavy atom. The monoisotopic (exact) mass is 316 g/mol. The van der Waals surface area contributed by atoms with Crippen molar-refractivity contribution in [1.29, 1.82) is 0 Å². The van der Waals surface area contributed by atoms with Crippen LogP contribution < -0.4 is 4.74 Å². The molecular formula is C15H24O5S. The lowest BCUT2D eigenvalue weighted by molar-refractivity contribution is -0.170. The van der Waals surface area contributed by atoms with Crippen molar-refractivity contribution in [2.75, 3.05) is 19.8 Å². The highest BCUT2D eigenvalue weighted by Crippen LogP contribution is 2.19. The SMILES string of the molecule is CCOC(=O)C(O)(CO)CCCCCCOc1cccs1. The molecule has 0 bridgehead atoms. The lowest BCUT2D eigenvalue weighted by atomic mass is 9.97. The summed E-state index contributed by atoms with van der Waals surface area (Å²) in [5.74, 6) is -0.742. The molecule has 6 heteroatoms. The Hall–Kier alpha value is -1.11. The summed E-state index contributed by atoms with van der Waals surface area (Å²) >= 11 is 1.57. The topological polar surface area (TPSA) is 76.0 Å². The standard InChI is InChI=1S/C15H24O5S/c1-2-19-14(17)15(18,12-16)9-5-3-4-6-10-20-13-8-7-11-21-13/h7-8,11,16,18H,2-6,9-10,12H2,1H3. The zero-order valence-electron chi connectivity index (χ0n) is 12.4. The molecule has 0 spiro atoms. The third-order valence-electron chi connectivity index (χ3n) is 3.14. The smallest absolute Gasteiger partial charge is 0.340 e. The maximum atomic E-state index is 11.5. The van der Waals surface area contributed by atoms with Crippen LogP contribution in [0.3, 0.4) is 0 Å². The van der Waals surface area contributed by atoms with E-state index in [-0.39, 0.29) is 13.0 Å². The summed E-state index contributed by atoms with van der Waals surface area (Å²) in [6, 6.07) is 3.89. The van der Waals surface area contributed by atoms with Crippen molar-refractivity contribution in [2.24, 2.45) is 0 Å². The largest absolute Gasteiger partial charge is 0.484 e. The minimum atomic E-state index is -1.76. The number of carbonyl (C=O) groups is 1. The van der Waals surface area contributed by atoms with Gasteiger partial charge in [0.1, 0.15) is 0 Å². The van der Waals surface area contributed by atoms with E-state index in [1.54, 1.807) is 18.3 Å². The first-order chi connectivity index (χ1) is 10.1. The van der Waals surface area contributed by atoms with Crippen molar-refractivity contribution < 1.29 is 24.5 Å². The van der Waals surface area contributed by atoms with Crippen LogP contribution in [-0.2, 0) is 9.53 Å². The van der Waals surface area contributed by atoms with Crippen LogP contribution in [0.2, 0.25) is 0 Å². The second-order valence-electron chi connectivity index (χ2n) is 4.85. The van der Waals surface area contributed by atoms with Gasteiger partial charge in [-0.15, -0.1) is 11.3 Å². The molecule has 0 aliphatic carbocycles. The lowest BCUT2D eigenvalue weighted by Crippen LogP contribution is -2.43. The fourth-order valence-corrected chi connectivity index (χ4v) is 2.50. The Morgan fingerprint density at radius 1 is 1.33 bits per heavy atom. The first-order valence-electron chi connectivity index (χ1n) is 7.29. The van der Waals surface area contributed by atoms with Gasteiger partial charge in [0.15, 0.2) is 10.7 Å². The van der Waals surface area contributed by atoms with Crippen LogP contribution in [0.5, 0.6) is 5.06 Å². The number of hydrogen-bond donors (Lipinski definition) is 2. The van der Waals surface area contributed by atoms with Crippen LogP contribution in [0.1, 0.15) is 39.0 Å². The van der Waals surface area contributed by atoms with Crippen molar-refractivity contribution in [2.45, 2.75) is 44.6 Å². The van der Waals surface area contributed by atoms with E-state index in [1.807, 2.05) is 17.5 Å². The predicted molar refractivity (Wildman–Crippen MR) is 81.6 cm³/mol. The minimum absolute atomic E-state index is 0.196. The summed E-state index contributed by atoms with van der Waals surface area (Å²) in [7, 11) is 0. The van der Waals surface area contributed by atoms with Crippen molar-refractivity contribution >= 4 is 17.3 Å². The van der Waals surface area contributed by atoms with Crippen LogP contribution in [0.15, 0.2) is 17.5 Å². The highest BCUT2D eigenvalue weighted by Gasteiger charge is 2.36. The Labute approximate surface area is 129 Å². The van der Waals surface area contributed by atoms with Crippen molar-refractivity contribution in [3.8, 4) is 5.06 Å². The molecule has 0 fully saturated rings. The number of hydrogen-bond acceptors (Lipinski definition) is 6. The van der Waals surface area contributed by atoms with Gasteiger partial charge >= 0.3 is 5.97 Å². The fraction of sp³-hybridized carbons (Fsp3) is 0.667. The molecule has 0 aromatic carbocycles. The number of aliphatic hydroxyl groups is 2. The molecule has 1 rings (SSSR count). The summed E-state index contributed by atoms with van der Waals surface area (Å²) in [6.45, 7) is 1.93. The fourth-order valence-electron chi connectivity index (χ4n) is 1.90. The van der Waals surface area contributed by atoms with E-state index in [1.165, 1.54) is 0 Å². The van der Waals surface area contributed by atoms with Gasteiger partial charge in [-0.05, 0) is 43.7 Å². The van der Waals surface area contributed by atoms with E-state index >= 15 is 0 Å². The van der Waals surface area contributed by atoms with E-state index in [0.717, 1.165) is 24.3 Å². The molecule has 2 N–H and O–H groups in total. The highest BCUT2D eigenvalue weighted by atomic mass is 32.1. The third kappa shape index (κ3) is 6.46. The predicted octanol–water partition coefficient (Wildman–Crippen LogP) is 2.36. The van der Waals surface area contributed by atoms with Crippen LogP contribution in [0, 0.1) is 0 Å². The van der Waals surface area contributed by atoms with E-state index in [0.29, 0.717) is 13.0 Å². The van der Waals surface area contributed by atoms with Crippen LogP contribution >= 0.6 is 11.3 Å². The third-order valence-corrected chi connectivity index (χ3v) is 3.92. The van der Waals surface area contributed by atoms with Gasteiger partial charge in [-0.3, -0.25) is 0 Å². The molecule has 120 valence electrons. The summed E-state index contributed by atoms with van der Waals surface area (Å²) < 4.78 is 10.3. The number of rotatable bonds is 11. The van der Waals surface area contributed by atoms with E-state index < -0.39 is 18.2 Å². The molecule has 1 heterocycles. The summed E-state index contributed by atoms with van der Waals surface area (Å²) in [6.07, 6.45) is 3.63. The van der Waals surface area contributed by atoms with Crippen molar-refractivity contribution in [3.05, 3.63) is 17.5 Å². The second kappa shape index (κ2) is 9.76. The highest BCUT2D eigenvalue weighted by molar-refractivity contribution is 7.11. The molecule has 1 unspecified atom stereocenters. The normalized spacial score (nSPS) is 13.7. The van der Waals surface area contributed by atoms with Gasteiger partial charge in [-0.25, -0.2) is 4.79 Å². The zero-order chi connectivity index (χ0) is 15.6. The second-order valence-corrected chi connectivity index (χ2v) is 5.77. The Balaban J connectivity index is 2.10. The van der Waals surface area contributed by atoms with Gasteiger partial charge in [-0.2, -0.15) is 0 Å². The van der Waals surface area contributed by atoms with E-state index in [2.05, 4.69) is 0 Å². The number of esters is 1. The summed E-state index contributed by atoms with van der Waals surface area (Å²) in [5, 5.41) is 22.1. The molecular weight excluding hydrogens is 292 g/mol. The average molecular weight is 316 g/mol. The number of carbonyl (C=O) groups excluding carboxylic acids is 1. The number of ether oxygens (including phenoxy) is 2. The summed E-state index contributed by atoms with van der Waals surface area (Å²) in [4.78, 5) is 11.5. The molecule has 0 aliphatic rings. The van der Waals surface area contributed by atoms with Gasteiger partial charge in [0.2, 0.25) is 0 Å². The summed E-state index contributed by atoms with van der Waals surface area (Å²) in [5.41, 5.74) is -1.76. The van der Waals surface area contributed by atoms with E-state index in [9.17, 15) is 9.90 Å². The molecule has 21 heavy (non-hydrogen) atoms. The van der Waals surface area contributed by atoms with Crippen molar-refractivity contribution in [3.63, 3.8) is 0 Å². The number of aliphatic hydroxyl groups excluding tert-OH is 1. The average Bonchev–Trinajstić information content (AvgIpc) is 2.99. The van der Waals surface area contributed by atoms with Crippen LogP contribution in [0.4, 0.5) is 0 Å². The van der Waals surface area contributed by atoms with Crippen LogP contribution in [-0.4, -0.2) is 41.6 Å². The minimum Gasteiger partial charge on any atom is -0.484 e.